The highest BCUT2D eigenvalue weighted by Gasteiger charge is 2.19. The predicted molar refractivity (Wildman–Crippen MR) is 120 cm³/mol. The summed E-state index contributed by atoms with van der Waals surface area (Å²) in [6, 6.07) is 21.7. The van der Waals surface area contributed by atoms with Crippen molar-refractivity contribution >= 4 is 46.0 Å². The van der Waals surface area contributed by atoms with Crippen molar-refractivity contribution in [3.8, 4) is 11.1 Å². The Morgan fingerprint density at radius 3 is 2.38 bits per heavy atom. The van der Waals surface area contributed by atoms with E-state index in [0.717, 1.165) is 11.1 Å². The summed E-state index contributed by atoms with van der Waals surface area (Å²) in [6.07, 6.45) is 3.03. The van der Waals surface area contributed by atoms with E-state index < -0.39 is 11.3 Å². The molecule has 0 aliphatic rings. The van der Waals surface area contributed by atoms with Crippen LogP contribution in [0.3, 0.4) is 0 Å². The quantitative estimate of drug-likeness (QED) is 0.307. The van der Waals surface area contributed by atoms with Gasteiger partial charge in [-0.2, -0.15) is 0 Å². The van der Waals surface area contributed by atoms with Crippen LogP contribution in [0.5, 0.6) is 0 Å². The molecule has 4 rings (SSSR count). The third kappa shape index (κ3) is 4.02. The molecule has 1 heterocycles. The number of nitrogens with one attached hydrogen (secondary N) is 1. The molecule has 0 fully saturated rings. The highest BCUT2D eigenvalue weighted by atomic mass is 35.5. The van der Waals surface area contributed by atoms with Crippen LogP contribution < -0.4 is 5.56 Å². The first-order valence-electron chi connectivity index (χ1n) is 8.92. The predicted octanol–water partition coefficient (Wildman–Crippen LogP) is 6.40. The Bertz CT molecular complexity index is 1310. The maximum atomic E-state index is 13.1. The van der Waals surface area contributed by atoms with E-state index in [-0.39, 0.29) is 5.56 Å². The van der Waals surface area contributed by atoms with Gasteiger partial charge in [0.25, 0.3) is 5.56 Å². The van der Waals surface area contributed by atoms with Gasteiger partial charge in [-0.25, -0.2) is 0 Å². The monoisotopic (exact) mass is 419 g/mol. The molecule has 5 heteroatoms. The summed E-state index contributed by atoms with van der Waals surface area (Å²) >= 11 is 12.2. The fraction of sp³-hybridized carbons (Fsp3) is 0. The van der Waals surface area contributed by atoms with Crippen LogP contribution in [0, 0.1) is 0 Å². The number of aromatic nitrogens is 1. The number of allylic oxidation sites excluding steroid dienone is 1. The van der Waals surface area contributed by atoms with Crippen LogP contribution in [0.1, 0.15) is 15.9 Å². The summed E-state index contributed by atoms with van der Waals surface area (Å²) in [5.74, 6) is -0.396. The number of rotatable bonds is 4. The van der Waals surface area contributed by atoms with Crippen LogP contribution in [0.4, 0.5) is 0 Å². The summed E-state index contributed by atoms with van der Waals surface area (Å²) in [5, 5.41) is 1.81. The molecule has 29 heavy (non-hydrogen) atoms. The third-order valence-electron chi connectivity index (χ3n) is 4.56. The van der Waals surface area contributed by atoms with E-state index in [0.29, 0.717) is 26.5 Å². The molecule has 3 aromatic carbocycles. The van der Waals surface area contributed by atoms with Gasteiger partial charge in [-0.1, -0.05) is 71.7 Å². The molecule has 1 N–H and O–H groups in total. The van der Waals surface area contributed by atoms with Gasteiger partial charge in [0, 0.05) is 26.5 Å². The van der Waals surface area contributed by atoms with Gasteiger partial charge in [0.1, 0.15) is 0 Å². The third-order valence-corrected chi connectivity index (χ3v) is 5.03. The zero-order chi connectivity index (χ0) is 20.4. The van der Waals surface area contributed by atoms with E-state index in [4.69, 9.17) is 23.2 Å². The number of aromatic amines is 1. The van der Waals surface area contributed by atoms with Crippen LogP contribution >= 0.6 is 23.2 Å². The van der Waals surface area contributed by atoms with E-state index >= 15 is 0 Å². The Balaban J connectivity index is 1.92. The lowest BCUT2D eigenvalue weighted by Gasteiger charge is -2.11. The molecular weight excluding hydrogens is 405 g/mol. The molecule has 4 aromatic rings. The lowest BCUT2D eigenvalue weighted by Crippen LogP contribution is -2.18. The van der Waals surface area contributed by atoms with Crippen LogP contribution in [-0.2, 0) is 0 Å². The molecule has 0 unspecified atom stereocenters. The smallest absolute Gasteiger partial charge is 0.260 e. The van der Waals surface area contributed by atoms with Gasteiger partial charge in [-0.3, -0.25) is 9.59 Å². The SMILES string of the molecule is O=C(/C=C/c1cccc(Cl)c1)c1c(-c2ccccc2)c2cc(Cl)ccc2[nH]c1=O. The van der Waals surface area contributed by atoms with Crippen molar-refractivity contribution < 1.29 is 4.79 Å². The van der Waals surface area contributed by atoms with Crippen molar-refractivity contribution in [1.82, 2.24) is 4.98 Å². The highest BCUT2D eigenvalue weighted by molar-refractivity contribution is 6.31. The molecule has 1 aromatic heterocycles. The first-order valence-corrected chi connectivity index (χ1v) is 9.67. The Kier molecular flexibility index (Phi) is 5.34. The molecule has 0 radical (unpaired) electrons. The molecule has 0 bridgehead atoms. The summed E-state index contributed by atoms with van der Waals surface area (Å²) in [5.41, 5.74) is 2.35. The lowest BCUT2D eigenvalue weighted by molar-refractivity contribution is 0.104. The van der Waals surface area contributed by atoms with Crippen molar-refractivity contribution in [3.05, 3.63) is 110 Å². The second-order valence-electron chi connectivity index (χ2n) is 6.51. The summed E-state index contributed by atoms with van der Waals surface area (Å²) < 4.78 is 0. The molecular formula is C24H15Cl2NO2. The number of carbonyl (C=O) groups excluding carboxylic acids is 1. The maximum Gasteiger partial charge on any atom is 0.260 e. The Morgan fingerprint density at radius 1 is 0.862 bits per heavy atom. The van der Waals surface area contributed by atoms with Gasteiger partial charge >= 0.3 is 0 Å². The maximum absolute atomic E-state index is 13.1. The minimum atomic E-state index is -0.445. The van der Waals surface area contributed by atoms with E-state index in [9.17, 15) is 9.59 Å². The van der Waals surface area contributed by atoms with Gasteiger partial charge in [0.2, 0.25) is 0 Å². The molecule has 0 spiro atoms. The summed E-state index contributed by atoms with van der Waals surface area (Å²) in [6.45, 7) is 0. The summed E-state index contributed by atoms with van der Waals surface area (Å²) in [7, 11) is 0. The average molecular weight is 420 g/mol. The topological polar surface area (TPSA) is 49.9 Å². The first kappa shape index (κ1) is 19.2. The molecule has 0 aliphatic heterocycles. The van der Waals surface area contributed by atoms with Crippen molar-refractivity contribution in [3.63, 3.8) is 0 Å². The van der Waals surface area contributed by atoms with Crippen LogP contribution in [0.15, 0.2) is 83.7 Å². The second kappa shape index (κ2) is 8.08. The molecule has 0 saturated carbocycles. The number of hydrogen-bond acceptors (Lipinski definition) is 2. The summed E-state index contributed by atoms with van der Waals surface area (Å²) in [4.78, 5) is 28.7. The van der Waals surface area contributed by atoms with Gasteiger partial charge in [0.15, 0.2) is 5.78 Å². The Morgan fingerprint density at radius 2 is 1.62 bits per heavy atom. The van der Waals surface area contributed by atoms with E-state index in [1.807, 2.05) is 36.4 Å². The van der Waals surface area contributed by atoms with Gasteiger partial charge in [0.05, 0.1) is 5.56 Å². The fourth-order valence-corrected chi connectivity index (χ4v) is 3.64. The number of hydrogen-bond donors (Lipinski definition) is 1. The number of fused-ring (bicyclic) bond motifs is 1. The van der Waals surface area contributed by atoms with Crippen LogP contribution in [0.25, 0.3) is 28.1 Å². The van der Waals surface area contributed by atoms with Crippen LogP contribution in [0.2, 0.25) is 10.0 Å². The fourth-order valence-electron chi connectivity index (χ4n) is 3.27. The number of H-pyrrole nitrogens is 1. The van der Waals surface area contributed by atoms with Crippen molar-refractivity contribution in [2.75, 3.05) is 0 Å². The average Bonchev–Trinajstić information content (AvgIpc) is 2.72. The van der Waals surface area contributed by atoms with E-state index in [1.165, 1.54) is 6.08 Å². The number of benzene rings is 3. The zero-order valence-corrected chi connectivity index (χ0v) is 16.7. The number of ketones is 1. The molecule has 3 nitrogen and oxygen atoms in total. The lowest BCUT2D eigenvalue weighted by atomic mass is 9.94. The van der Waals surface area contributed by atoms with Gasteiger partial charge in [-0.05, 0) is 47.5 Å². The van der Waals surface area contributed by atoms with E-state index in [2.05, 4.69) is 4.98 Å². The standard InChI is InChI=1S/C24H15Cl2NO2/c25-17-8-4-5-15(13-17)9-12-21(28)23-22(16-6-2-1-3-7-16)19-14-18(26)10-11-20(19)27-24(23)29/h1-14H,(H,27,29)/b12-9+. The normalized spacial score (nSPS) is 11.2. The largest absolute Gasteiger partial charge is 0.321 e. The second-order valence-corrected chi connectivity index (χ2v) is 7.39. The number of carbonyl (C=O) groups is 1. The van der Waals surface area contributed by atoms with Crippen molar-refractivity contribution in [2.45, 2.75) is 0 Å². The molecule has 0 aliphatic carbocycles. The Labute approximate surface area is 177 Å². The minimum absolute atomic E-state index is 0.0734. The number of pyridine rings is 1. The number of halogens is 2. The van der Waals surface area contributed by atoms with E-state index in [1.54, 1.807) is 42.5 Å². The minimum Gasteiger partial charge on any atom is -0.321 e. The highest BCUT2D eigenvalue weighted by Crippen LogP contribution is 2.31. The zero-order valence-electron chi connectivity index (χ0n) is 15.2. The molecule has 0 amide bonds. The molecule has 0 saturated heterocycles. The Hall–Kier alpha value is -3.14. The molecule has 142 valence electrons. The molecule has 0 atom stereocenters. The first-order chi connectivity index (χ1) is 14.0. The van der Waals surface area contributed by atoms with Gasteiger partial charge < -0.3 is 4.98 Å². The van der Waals surface area contributed by atoms with Crippen LogP contribution in [-0.4, -0.2) is 10.8 Å². The van der Waals surface area contributed by atoms with Crippen molar-refractivity contribution in [1.29, 1.82) is 0 Å². The van der Waals surface area contributed by atoms with Gasteiger partial charge in [-0.15, -0.1) is 0 Å². The van der Waals surface area contributed by atoms with Crippen molar-refractivity contribution in [2.24, 2.45) is 0 Å².